The smallest absolute Gasteiger partial charge is 0.227 e. The van der Waals surface area contributed by atoms with Gasteiger partial charge in [0.1, 0.15) is 0 Å². The van der Waals surface area contributed by atoms with Crippen molar-refractivity contribution in [2.45, 2.75) is 12.3 Å². The molecule has 0 bridgehead atoms. The average molecular weight is 337 g/mol. The summed E-state index contributed by atoms with van der Waals surface area (Å²) >= 11 is 1.64. The molecule has 0 aliphatic carbocycles. The molecule has 1 amide bonds. The molecule has 5 heteroatoms. The van der Waals surface area contributed by atoms with Crippen LogP contribution in [0.4, 0.5) is 0 Å². The predicted octanol–water partition coefficient (Wildman–Crippen LogP) is 2.91. The van der Waals surface area contributed by atoms with Gasteiger partial charge < -0.3 is 10.6 Å². The van der Waals surface area contributed by atoms with Gasteiger partial charge in [0, 0.05) is 19.0 Å². The topological polar surface area (TPSA) is 46.3 Å². The summed E-state index contributed by atoms with van der Waals surface area (Å²) in [6.45, 7) is 2.19. The number of hydrogen-bond acceptors (Lipinski definition) is 3. The fraction of sp³-hybridized carbons (Fsp3) is 0.353. The number of thiophene rings is 1. The van der Waals surface area contributed by atoms with Crippen LogP contribution in [0, 0.1) is 5.92 Å². The molecule has 0 radical (unpaired) electrons. The summed E-state index contributed by atoms with van der Waals surface area (Å²) in [5, 5.41) is 4.06. The maximum atomic E-state index is 12.4. The van der Waals surface area contributed by atoms with E-state index in [4.69, 9.17) is 5.73 Å². The van der Waals surface area contributed by atoms with Crippen molar-refractivity contribution in [2.75, 3.05) is 19.6 Å². The number of benzene rings is 1. The number of amides is 1. The van der Waals surface area contributed by atoms with E-state index in [1.807, 2.05) is 27.8 Å². The molecule has 1 aromatic heterocycles. The SMILES string of the molecule is Cl.NC[C@@H]1CN(C(=O)Cc2ccsc2)C[C@H]1c1ccccc1. The molecule has 1 aliphatic heterocycles. The van der Waals surface area contributed by atoms with Crippen molar-refractivity contribution in [3.8, 4) is 0 Å². The van der Waals surface area contributed by atoms with Crippen LogP contribution < -0.4 is 5.73 Å². The van der Waals surface area contributed by atoms with Crippen LogP contribution in [0.15, 0.2) is 47.2 Å². The summed E-state index contributed by atoms with van der Waals surface area (Å²) in [7, 11) is 0. The molecule has 2 heterocycles. The minimum absolute atomic E-state index is 0. The van der Waals surface area contributed by atoms with E-state index < -0.39 is 0 Å². The molecule has 1 fully saturated rings. The highest BCUT2D eigenvalue weighted by atomic mass is 35.5. The molecular formula is C17H21ClN2OS. The highest BCUT2D eigenvalue weighted by Gasteiger charge is 2.34. The van der Waals surface area contributed by atoms with Crippen LogP contribution in [0.2, 0.25) is 0 Å². The first-order valence-electron chi connectivity index (χ1n) is 7.32. The van der Waals surface area contributed by atoms with Gasteiger partial charge in [-0.2, -0.15) is 11.3 Å². The molecule has 0 spiro atoms. The minimum Gasteiger partial charge on any atom is -0.341 e. The summed E-state index contributed by atoms with van der Waals surface area (Å²) < 4.78 is 0. The Morgan fingerprint density at radius 3 is 2.64 bits per heavy atom. The molecule has 0 unspecified atom stereocenters. The van der Waals surface area contributed by atoms with Crippen molar-refractivity contribution in [1.82, 2.24) is 4.90 Å². The number of hydrogen-bond donors (Lipinski definition) is 1. The van der Waals surface area contributed by atoms with Crippen molar-refractivity contribution in [3.63, 3.8) is 0 Å². The number of carbonyl (C=O) groups excluding carboxylic acids is 1. The lowest BCUT2D eigenvalue weighted by atomic mass is 9.89. The zero-order valence-electron chi connectivity index (χ0n) is 12.4. The second kappa shape index (κ2) is 7.77. The molecular weight excluding hydrogens is 316 g/mol. The second-order valence-electron chi connectivity index (χ2n) is 5.62. The lowest BCUT2D eigenvalue weighted by Gasteiger charge is -2.16. The highest BCUT2D eigenvalue weighted by molar-refractivity contribution is 7.07. The summed E-state index contributed by atoms with van der Waals surface area (Å²) in [6, 6.07) is 12.4. The van der Waals surface area contributed by atoms with Gasteiger partial charge in [0.15, 0.2) is 0 Å². The first-order valence-corrected chi connectivity index (χ1v) is 8.26. The van der Waals surface area contributed by atoms with E-state index in [9.17, 15) is 4.79 Å². The number of nitrogens with zero attached hydrogens (tertiary/aromatic N) is 1. The molecule has 1 aliphatic rings. The molecule has 118 valence electrons. The van der Waals surface area contributed by atoms with Crippen LogP contribution in [0.1, 0.15) is 17.0 Å². The van der Waals surface area contributed by atoms with Gasteiger partial charge in [0.25, 0.3) is 0 Å². The van der Waals surface area contributed by atoms with Gasteiger partial charge in [0.2, 0.25) is 5.91 Å². The Labute approximate surface area is 141 Å². The maximum absolute atomic E-state index is 12.4. The zero-order chi connectivity index (χ0) is 14.7. The van der Waals surface area contributed by atoms with Crippen molar-refractivity contribution in [1.29, 1.82) is 0 Å². The minimum atomic E-state index is 0. The number of carbonyl (C=O) groups is 1. The normalized spacial score (nSPS) is 20.7. The first-order chi connectivity index (χ1) is 10.3. The first kappa shape index (κ1) is 17.0. The zero-order valence-corrected chi connectivity index (χ0v) is 14.0. The standard InChI is InChI=1S/C17H20N2OS.ClH/c18-9-15-10-19(17(20)8-13-6-7-21-12-13)11-16(15)14-4-2-1-3-5-14;/h1-7,12,15-16H,8-11,18H2;1H/t15-,16+;/m1./s1. The quantitative estimate of drug-likeness (QED) is 0.933. The van der Waals surface area contributed by atoms with E-state index in [-0.39, 0.29) is 18.3 Å². The van der Waals surface area contributed by atoms with Crippen molar-refractivity contribution < 1.29 is 4.79 Å². The Morgan fingerprint density at radius 1 is 1.23 bits per heavy atom. The molecule has 1 saturated heterocycles. The third-order valence-electron chi connectivity index (χ3n) is 4.26. The van der Waals surface area contributed by atoms with Gasteiger partial charge in [-0.15, -0.1) is 12.4 Å². The van der Waals surface area contributed by atoms with Crippen LogP contribution >= 0.6 is 23.7 Å². The third-order valence-corrected chi connectivity index (χ3v) is 4.99. The number of likely N-dealkylation sites (tertiary alicyclic amines) is 1. The fourth-order valence-corrected chi connectivity index (χ4v) is 3.74. The van der Waals surface area contributed by atoms with Crippen LogP contribution in [0.25, 0.3) is 0 Å². The van der Waals surface area contributed by atoms with E-state index in [1.54, 1.807) is 11.3 Å². The highest BCUT2D eigenvalue weighted by Crippen LogP contribution is 2.32. The van der Waals surface area contributed by atoms with Gasteiger partial charge in [-0.05, 0) is 40.4 Å². The van der Waals surface area contributed by atoms with E-state index in [0.717, 1.165) is 18.7 Å². The summed E-state index contributed by atoms with van der Waals surface area (Å²) in [4.78, 5) is 14.4. The molecule has 2 N–H and O–H groups in total. The van der Waals surface area contributed by atoms with E-state index in [2.05, 4.69) is 24.3 Å². The van der Waals surface area contributed by atoms with Crippen LogP contribution in [-0.4, -0.2) is 30.4 Å². The second-order valence-corrected chi connectivity index (χ2v) is 6.40. The molecule has 22 heavy (non-hydrogen) atoms. The molecule has 2 atom stereocenters. The van der Waals surface area contributed by atoms with Crippen LogP contribution in [0.5, 0.6) is 0 Å². The monoisotopic (exact) mass is 336 g/mol. The van der Waals surface area contributed by atoms with Gasteiger partial charge >= 0.3 is 0 Å². The van der Waals surface area contributed by atoms with E-state index in [0.29, 0.717) is 24.8 Å². The van der Waals surface area contributed by atoms with Crippen molar-refractivity contribution >= 4 is 29.7 Å². The lowest BCUT2D eigenvalue weighted by molar-refractivity contribution is -0.129. The summed E-state index contributed by atoms with van der Waals surface area (Å²) in [5.41, 5.74) is 8.32. The van der Waals surface area contributed by atoms with E-state index >= 15 is 0 Å². The Bertz CT molecular complexity index is 588. The molecule has 3 rings (SSSR count). The van der Waals surface area contributed by atoms with Crippen molar-refractivity contribution in [3.05, 3.63) is 58.3 Å². The fourth-order valence-electron chi connectivity index (χ4n) is 3.07. The number of halogens is 1. The number of rotatable bonds is 4. The van der Waals surface area contributed by atoms with Gasteiger partial charge in [-0.25, -0.2) is 0 Å². The Hall–Kier alpha value is -1.36. The average Bonchev–Trinajstić information content (AvgIpc) is 3.17. The van der Waals surface area contributed by atoms with Crippen molar-refractivity contribution in [2.24, 2.45) is 11.7 Å². The van der Waals surface area contributed by atoms with Gasteiger partial charge in [-0.3, -0.25) is 4.79 Å². The Balaban J connectivity index is 0.00000176. The lowest BCUT2D eigenvalue weighted by Crippen LogP contribution is -2.31. The molecule has 3 nitrogen and oxygen atoms in total. The van der Waals surface area contributed by atoms with Gasteiger partial charge in [-0.1, -0.05) is 30.3 Å². The maximum Gasteiger partial charge on any atom is 0.227 e. The Morgan fingerprint density at radius 2 is 2.00 bits per heavy atom. The predicted molar refractivity (Wildman–Crippen MR) is 93.6 cm³/mol. The summed E-state index contributed by atoms with van der Waals surface area (Å²) in [6.07, 6.45) is 0.502. The largest absolute Gasteiger partial charge is 0.341 e. The van der Waals surface area contributed by atoms with Gasteiger partial charge in [0.05, 0.1) is 6.42 Å². The Kier molecular flexibility index (Phi) is 6.00. The van der Waals surface area contributed by atoms with Crippen LogP contribution in [-0.2, 0) is 11.2 Å². The molecule has 1 aromatic carbocycles. The van der Waals surface area contributed by atoms with Crippen LogP contribution in [0.3, 0.4) is 0 Å². The third kappa shape index (κ3) is 3.69. The number of nitrogens with two attached hydrogens (primary N) is 1. The molecule has 0 saturated carbocycles. The molecule has 2 aromatic rings. The summed E-state index contributed by atoms with van der Waals surface area (Å²) in [5.74, 6) is 0.937. The van der Waals surface area contributed by atoms with E-state index in [1.165, 1.54) is 5.56 Å².